The molecule has 0 atom stereocenters. The quantitative estimate of drug-likeness (QED) is 0.589. The van der Waals surface area contributed by atoms with Crippen molar-refractivity contribution in [1.29, 1.82) is 0 Å². The maximum Gasteiger partial charge on any atom is 0.169 e. The van der Waals surface area contributed by atoms with E-state index in [1.807, 2.05) is 35.0 Å². The highest BCUT2D eigenvalue weighted by molar-refractivity contribution is 6.30. The van der Waals surface area contributed by atoms with Crippen molar-refractivity contribution in [3.8, 4) is 5.69 Å². The molecule has 5 heteroatoms. The van der Waals surface area contributed by atoms with Crippen LogP contribution in [0.25, 0.3) is 5.69 Å². The first kappa shape index (κ1) is 18.8. The maximum absolute atomic E-state index is 13.0. The molecule has 144 valence electrons. The molecule has 0 radical (unpaired) electrons. The van der Waals surface area contributed by atoms with Crippen LogP contribution in [-0.2, 0) is 6.42 Å². The number of hydrogen-bond donors (Lipinski definition) is 1. The number of Topliss-reactive ketones (excluding diaryl/α,β-unsaturated/α-hetero) is 1. The summed E-state index contributed by atoms with van der Waals surface area (Å²) >= 11 is 6.05. The van der Waals surface area contributed by atoms with Gasteiger partial charge in [-0.1, -0.05) is 31.5 Å². The summed E-state index contributed by atoms with van der Waals surface area (Å²) in [6.45, 7) is 8.42. The zero-order chi connectivity index (χ0) is 20.1. The van der Waals surface area contributed by atoms with E-state index in [0.717, 1.165) is 23.5 Å². The van der Waals surface area contributed by atoms with Gasteiger partial charge in [0.2, 0.25) is 0 Å². The highest BCUT2D eigenvalue weighted by atomic mass is 35.5. The van der Waals surface area contributed by atoms with Crippen LogP contribution in [0.15, 0.2) is 42.5 Å². The highest BCUT2D eigenvalue weighted by Gasteiger charge is 2.36. The molecule has 0 fully saturated rings. The van der Waals surface area contributed by atoms with Crippen molar-refractivity contribution in [1.82, 2.24) is 9.78 Å². The molecule has 0 saturated heterocycles. The number of fused-ring (bicyclic) bond motifs is 1. The van der Waals surface area contributed by atoms with Gasteiger partial charge in [-0.15, -0.1) is 5.10 Å². The number of ketones is 1. The number of benzene rings is 2. The number of carbonyl (C=O) groups is 1. The van der Waals surface area contributed by atoms with Crippen molar-refractivity contribution < 1.29 is 4.79 Å². The fraction of sp³-hybridized carbons (Fsp3) is 0.304. The minimum absolute atomic E-state index is 0.0913. The lowest BCUT2D eigenvalue weighted by Gasteiger charge is -2.29. The molecule has 1 N–H and O–H groups in total. The van der Waals surface area contributed by atoms with E-state index in [9.17, 15) is 4.79 Å². The number of aromatic nitrogens is 2. The molecule has 0 unspecified atom stereocenters. The van der Waals surface area contributed by atoms with Crippen molar-refractivity contribution in [3.05, 3.63) is 69.9 Å². The number of aryl methyl sites for hydroxylation is 2. The Morgan fingerprint density at radius 1 is 1.04 bits per heavy atom. The maximum atomic E-state index is 13.0. The first-order valence-electron chi connectivity index (χ1n) is 9.49. The second-order valence-electron chi connectivity index (χ2n) is 8.42. The fourth-order valence-corrected chi connectivity index (χ4v) is 3.91. The van der Waals surface area contributed by atoms with E-state index < -0.39 is 0 Å². The Morgan fingerprint density at radius 2 is 1.75 bits per heavy atom. The summed E-state index contributed by atoms with van der Waals surface area (Å²) in [5.41, 5.74) is 5.83. The molecule has 1 aromatic heterocycles. The van der Waals surface area contributed by atoms with E-state index >= 15 is 0 Å². The van der Waals surface area contributed by atoms with E-state index in [4.69, 9.17) is 16.7 Å². The van der Waals surface area contributed by atoms with Gasteiger partial charge >= 0.3 is 0 Å². The van der Waals surface area contributed by atoms with Gasteiger partial charge < -0.3 is 5.32 Å². The third-order valence-electron chi connectivity index (χ3n) is 5.39. The molecule has 0 amide bonds. The van der Waals surface area contributed by atoms with E-state index in [0.29, 0.717) is 22.8 Å². The third kappa shape index (κ3) is 3.45. The van der Waals surface area contributed by atoms with Gasteiger partial charge in [0, 0.05) is 17.1 Å². The monoisotopic (exact) mass is 393 g/mol. The Bertz CT molecular complexity index is 1060. The predicted octanol–water partition coefficient (Wildman–Crippen LogP) is 6.04. The topological polar surface area (TPSA) is 46.9 Å². The molecular formula is C23H24ClN3O. The third-order valence-corrected chi connectivity index (χ3v) is 5.64. The zero-order valence-corrected chi connectivity index (χ0v) is 17.4. The van der Waals surface area contributed by atoms with Crippen molar-refractivity contribution >= 4 is 28.9 Å². The van der Waals surface area contributed by atoms with Gasteiger partial charge in [-0.25, -0.2) is 4.68 Å². The molecule has 1 aliphatic rings. The van der Waals surface area contributed by atoms with Crippen molar-refractivity contribution in [2.24, 2.45) is 5.41 Å². The normalized spacial score (nSPS) is 15.4. The number of rotatable bonds is 3. The smallest absolute Gasteiger partial charge is 0.169 e. The van der Waals surface area contributed by atoms with Crippen LogP contribution in [0.4, 0.5) is 11.5 Å². The lowest BCUT2D eigenvalue weighted by Crippen LogP contribution is -2.28. The van der Waals surface area contributed by atoms with E-state index in [1.54, 1.807) is 0 Å². The van der Waals surface area contributed by atoms with Crippen LogP contribution >= 0.6 is 11.6 Å². The molecule has 1 aliphatic carbocycles. The number of nitrogens with zero attached hydrogens (tertiary/aromatic N) is 2. The molecule has 0 bridgehead atoms. The van der Waals surface area contributed by atoms with Gasteiger partial charge in [0.25, 0.3) is 0 Å². The Hall–Kier alpha value is -2.59. The summed E-state index contributed by atoms with van der Waals surface area (Å²) < 4.78 is 1.88. The first-order valence-corrected chi connectivity index (χ1v) is 9.87. The van der Waals surface area contributed by atoms with Gasteiger partial charge in [-0.05, 0) is 73.2 Å². The van der Waals surface area contributed by atoms with Crippen LogP contribution in [0.2, 0.25) is 5.02 Å². The fourth-order valence-electron chi connectivity index (χ4n) is 3.79. The Balaban J connectivity index is 1.84. The molecule has 0 aliphatic heterocycles. The van der Waals surface area contributed by atoms with Crippen LogP contribution in [0.3, 0.4) is 0 Å². The molecule has 0 saturated carbocycles. The van der Waals surface area contributed by atoms with Gasteiger partial charge in [0.15, 0.2) is 11.6 Å². The Morgan fingerprint density at radius 3 is 2.43 bits per heavy atom. The molecule has 1 heterocycles. The standard InChI is InChI=1S/C23H24ClN3O/c1-14-5-8-17(11-15(14)2)25-22-21-19(12-23(3,4)13-20(21)28)27(26-22)18-9-6-16(24)7-10-18/h5-11H,12-13H2,1-4H3,(H,25,26). The summed E-state index contributed by atoms with van der Waals surface area (Å²) in [6, 6.07) is 13.7. The second kappa shape index (κ2) is 6.78. The SMILES string of the molecule is Cc1ccc(Nc2nn(-c3ccc(Cl)cc3)c3c2C(=O)CC(C)(C)C3)cc1C. The number of nitrogens with one attached hydrogen (secondary N) is 1. The number of halogens is 1. The van der Waals surface area contributed by atoms with Gasteiger partial charge in [-0.3, -0.25) is 4.79 Å². The molecule has 28 heavy (non-hydrogen) atoms. The van der Waals surface area contributed by atoms with Crippen LogP contribution in [0, 0.1) is 19.3 Å². The number of carbonyl (C=O) groups excluding carboxylic acids is 1. The zero-order valence-electron chi connectivity index (χ0n) is 16.6. The summed E-state index contributed by atoms with van der Waals surface area (Å²) in [5, 5.41) is 8.85. The molecule has 4 nitrogen and oxygen atoms in total. The first-order chi connectivity index (χ1) is 13.2. The van der Waals surface area contributed by atoms with Gasteiger partial charge in [0.1, 0.15) is 0 Å². The van der Waals surface area contributed by atoms with Crippen molar-refractivity contribution in [2.75, 3.05) is 5.32 Å². The minimum atomic E-state index is -0.0913. The second-order valence-corrected chi connectivity index (χ2v) is 8.86. The van der Waals surface area contributed by atoms with E-state index in [2.05, 4.69) is 45.1 Å². The van der Waals surface area contributed by atoms with Gasteiger partial charge in [0.05, 0.1) is 16.9 Å². The average molecular weight is 394 g/mol. The molecule has 0 spiro atoms. The minimum Gasteiger partial charge on any atom is -0.338 e. The van der Waals surface area contributed by atoms with Crippen LogP contribution < -0.4 is 5.32 Å². The molecule has 2 aromatic carbocycles. The summed E-state index contributed by atoms with van der Waals surface area (Å²) in [5.74, 6) is 0.756. The van der Waals surface area contributed by atoms with Crippen LogP contribution in [0.1, 0.15) is 47.4 Å². The van der Waals surface area contributed by atoms with Crippen molar-refractivity contribution in [3.63, 3.8) is 0 Å². The van der Waals surface area contributed by atoms with Gasteiger partial charge in [-0.2, -0.15) is 0 Å². The number of hydrogen-bond acceptors (Lipinski definition) is 3. The van der Waals surface area contributed by atoms with E-state index in [-0.39, 0.29) is 11.2 Å². The lowest BCUT2D eigenvalue weighted by atomic mass is 9.76. The highest BCUT2D eigenvalue weighted by Crippen LogP contribution is 2.39. The largest absolute Gasteiger partial charge is 0.338 e. The summed E-state index contributed by atoms with van der Waals surface area (Å²) in [4.78, 5) is 13.0. The summed E-state index contributed by atoms with van der Waals surface area (Å²) in [7, 11) is 0. The Kier molecular flexibility index (Phi) is 4.54. The Labute approximate surface area is 170 Å². The number of anilines is 2. The van der Waals surface area contributed by atoms with Crippen LogP contribution in [-0.4, -0.2) is 15.6 Å². The van der Waals surface area contributed by atoms with Crippen LogP contribution in [0.5, 0.6) is 0 Å². The average Bonchev–Trinajstić information content (AvgIpc) is 2.96. The predicted molar refractivity (Wildman–Crippen MR) is 114 cm³/mol. The lowest BCUT2D eigenvalue weighted by molar-refractivity contribution is 0.0912. The van der Waals surface area contributed by atoms with Crippen molar-refractivity contribution in [2.45, 2.75) is 40.5 Å². The molecule has 4 rings (SSSR count). The summed E-state index contributed by atoms with van der Waals surface area (Å²) in [6.07, 6.45) is 1.31. The van der Waals surface area contributed by atoms with E-state index in [1.165, 1.54) is 11.1 Å². The molecular weight excluding hydrogens is 370 g/mol. The molecule has 3 aromatic rings.